The molecule has 0 spiro atoms. The Morgan fingerprint density at radius 1 is 1.14 bits per heavy atom. The van der Waals surface area contributed by atoms with Gasteiger partial charge in [0.2, 0.25) is 15.9 Å². The molecule has 0 saturated carbocycles. The lowest BCUT2D eigenvalue weighted by Gasteiger charge is -2.30. The average molecular weight is 457 g/mol. The van der Waals surface area contributed by atoms with Gasteiger partial charge in [-0.3, -0.25) is 4.79 Å². The van der Waals surface area contributed by atoms with Gasteiger partial charge in [-0.05, 0) is 48.7 Å². The normalized spacial score (nSPS) is 15.8. The van der Waals surface area contributed by atoms with Gasteiger partial charge in [-0.25, -0.2) is 8.42 Å². The predicted molar refractivity (Wildman–Crippen MR) is 113 cm³/mol. The molecule has 0 radical (unpaired) electrons. The van der Waals surface area contributed by atoms with Gasteiger partial charge in [0, 0.05) is 30.6 Å². The summed E-state index contributed by atoms with van der Waals surface area (Å²) in [6.45, 7) is 0.981. The minimum atomic E-state index is -3.67. The summed E-state index contributed by atoms with van der Waals surface area (Å²) < 4.78 is 32.2. The molecule has 1 N–H and O–H groups in total. The first-order valence-corrected chi connectivity index (χ1v) is 11.4. The summed E-state index contributed by atoms with van der Waals surface area (Å²) in [6.07, 6.45) is 0.936. The summed E-state index contributed by atoms with van der Waals surface area (Å²) >= 11 is 11.9. The Morgan fingerprint density at radius 2 is 1.79 bits per heavy atom. The van der Waals surface area contributed by atoms with E-state index < -0.39 is 10.0 Å². The number of piperidine rings is 1. The van der Waals surface area contributed by atoms with Crippen LogP contribution in [-0.4, -0.2) is 38.8 Å². The standard InChI is InChI=1S/C20H22Cl2N2O4S/c1-28-19-7-6-17(12-18(19)22)29(26,27)24-10-8-15(9-11-24)20(25)23-13-14-2-4-16(21)5-3-14/h2-7,12,15H,8-11,13H2,1H3,(H,23,25). The molecule has 29 heavy (non-hydrogen) atoms. The van der Waals surface area contributed by atoms with E-state index in [1.807, 2.05) is 12.1 Å². The summed E-state index contributed by atoms with van der Waals surface area (Å²) in [5.74, 6) is 0.138. The molecule has 156 valence electrons. The molecular weight excluding hydrogens is 435 g/mol. The Hall–Kier alpha value is -1.80. The number of sulfonamides is 1. The van der Waals surface area contributed by atoms with E-state index in [1.54, 1.807) is 12.1 Å². The molecule has 0 aromatic heterocycles. The van der Waals surface area contributed by atoms with Crippen LogP contribution in [0.1, 0.15) is 18.4 Å². The van der Waals surface area contributed by atoms with Crippen LogP contribution in [0.2, 0.25) is 10.0 Å². The molecule has 1 saturated heterocycles. The number of rotatable bonds is 6. The van der Waals surface area contributed by atoms with Crippen molar-refractivity contribution in [3.8, 4) is 5.75 Å². The number of methoxy groups -OCH3 is 1. The number of ether oxygens (including phenoxy) is 1. The highest BCUT2D eigenvalue weighted by molar-refractivity contribution is 7.89. The molecular formula is C20H22Cl2N2O4S. The monoisotopic (exact) mass is 456 g/mol. The number of hydrogen-bond acceptors (Lipinski definition) is 4. The topological polar surface area (TPSA) is 75.7 Å². The fourth-order valence-corrected chi connectivity index (χ4v) is 5.20. The quantitative estimate of drug-likeness (QED) is 0.718. The zero-order chi connectivity index (χ0) is 21.0. The van der Waals surface area contributed by atoms with Crippen LogP contribution in [0.25, 0.3) is 0 Å². The predicted octanol–water partition coefficient (Wildman–Crippen LogP) is 3.72. The zero-order valence-electron chi connectivity index (χ0n) is 15.9. The van der Waals surface area contributed by atoms with Gasteiger partial charge in [-0.2, -0.15) is 4.31 Å². The van der Waals surface area contributed by atoms with Crippen molar-refractivity contribution in [3.05, 3.63) is 58.1 Å². The van der Waals surface area contributed by atoms with Crippen molar-refractivity contribution in [1.29, 1.82) is 0 Å². The van der Waals surface area contributed by atoms with Crippen LogP contribution < -0.4 is 10.1 Å². The van der Waals surface area contributed by atoms with Crippen LogP contribution in [-0.2, 0) is 21.4 Å². The molecule has 0 bridgehead atoms. The number of halogens is 2. The first kappa shape index (κ1) is 21.9. The van der Waals surface area contributed by atoms with E-state index in [4.69, 9.17) is 27.9 Å². The van der Waals surface area contributed by atoms with Crippen LogP contribution >= 0.6 is 23.2 Å². The summed E-state index contributed by atoms with van der Waals surface area (Å²) in [5, 5.41) is 3.80. The maximum absolute atomic E-state index is 12.9. The minimum Gasteiger partial charge on any atom is -0.495 e. The van der Waals surface area contributed by atoms with Crippen molar-refractivity contribution in [3.63, 3.8) is 0 Å². The van der Waals surface area contributed by atoms with Gasteiger partial charge in [0.25, 0.3) is 0 Å². The Labute approximate surface area is 180 Å². The number of amides is 1. The molecule has 6 nitrogen and oxygen atoms in total. The molecule has 2 aromatic carbocycles. The number of nitrogens with one attached hydrogen (secondary N) is 1. The molecule has 1 aliphatic heterocycles. The summed E-state index contributed by atoms with van der Waals surface area (Å²) in [7, 11) is -2.20. The van der Waals surface area contributed by atoms with Gasteiger partial charge in [0.1, 0.15) is 5.75 Å². The highest BCUT2D eigenvalue weighted by Gasteiger charge is 2.32. The van der Waals surface area contributed by atoms with Crippen molar-refractivity contribution in [2.45, 2.75) is 24.3 Å². The molecule has 1 heterocycles. The smallest absolute Gasteiger partial charge is 0.243 e. The molecule has 2 aromatic rings. The molecule has 0 unspecified atom stereocenters. The van der Waals surface area contributed by atoms with Gasteiger partial charge in [0.05, 0.1) is 17.0 Å². The lowest BCUT2D eigenvalue weighted by atomic mass is 9.97. The van der Waals surface area contributed by atoms with Gasteiger partial charge >= 0.3 is 0 Å². The van der Waals surface area contributed by atoms with E-state index >= 15 is 0 Å². The molecule has 0 atom stereocenters. The molecule has 9 heteroatoms. The van der Waals surface area contributed by atoms with Crippen LogP contribution in [0.4, 0.5) is 0 Å². The summed E-state index contributed by atoms with van der Waals surface area (Å²) in [4.78, 5) is 12.6. The second-order valence-corrected chi connectivity index (χ2v) is 9.60. The number of carbonyl (C=O) groups is 1. The van der Waals surface area contributed by atoms with Crippen molar-refractivity contribution >= 4 is 39.1 Å². The molecule has 3 rings (SSSR count). The first-order chi connectivity index (χ1) is 13.8. The number of benzene rings is 2. The van der Waals surface area contributed by atoms with Crippen LogP contribution in [0, 0.1) is 5.92 Å². The Bertz CT molecular complexity index is 972. The van der Waals surface area contributed by atoms with E-state index in [9.17, 15) is 13.2 Å². The van der Waals surface area contributed by atoms with E-state index in [0.29, 0.717) is 30.2 Å². The largest absolute Gasteiger partial charge is 0.495 e. The Kier molecular flexibility index (Phi) is 7.05. The van der Waals surface area contributed by atoms with Crippen LogP contribution in [0.5, 0.6) is 5.75 Å². The van der Waals surface area contributed by atoms with E-state index in [-0.39, 0.29) is 34.8 Å². The Morgan fingerprint density at radius 3 is 2.38 bits per heavy atom. The first-order valence-electron chi connectivity index (χ1n) is 9.17. The molecule has 1 fully saturated rings. The van der Waals surface area contributed by atoms with Crippen LogP contribution in [0.15, 0.2) is 47.4 Å². The minimum absolute atomic E-state index is 0.0653. The second kappa shape index (κ2) is 9.34. The van der Waals surface area contributed by atoms with Gasteiger partial charge < -0.3 is 10.1 Å². The number of hydrogen-bond donors (Lipinski definition) is 1. The number of nitrogens with zero attached hydrogens (tertiary/aromatic N) is 1. The summed E-state index contributed by atoms with van der Waals surface area (Å²) in [5.41, 5.74) is 0.958. The zero-order valence-corrected chi connectivity index (χ0v) is 18.2. The lowest BCUT2D eigenvalue weighted by Crippen LogP contribution is -2.42. The SMILES string of the molecule is COc1ccc(S(=O)(=O)N2CCC(C(=O)NCc3ccc(Cl)cc3)CC2)cc1Cl. The third kappa shape index (κ3) is 5.22. The maximum atomic E-state index is 12.9. The average Bonchev–Trinajstić information content (AvgIpc) is 2.73. The highest BCUT2D eigenvalue weighted by Crippen LogP contribution is 2.30. The van der Waals surface area contributed by atoms with Crippen molar-refractivity contribution in [1.82, 2.24) is 9.62 Å². The van der Waals surface area contributed by atoms with Gasteiger partial charge in [0.15, 0.2) is 0 Å². The van der Waals surface area contributed by atoms with E-state index in [0.717, 1.165) is 5.56 Å². The molecule has 1 aliphatic rings. The highest BCUT2D eigenvalue weighted by atomic mass is 35.5. The van der Waals surface area contributed by atoms with Gasteiger partial charge in [-0.1, -0.05) is 35.3 Å². The van der Waals surface area contributed by atoms with Crippen molar-refractivity contribution in [2.75, 3.05) is 20.2 Å². The van der Waals surface area contributed by atoms with E-state index in [2.05, 4.69) is 5.32 Å². The third-order valence-electron chi connectivity index (χ3n) is 4.97. The fraction of sp³-hybridized carbons (Fsp3) is 0.350. The van der Waals surface area contributed by atoms with Gasteiger partial charge in [-0.15, -0.1) is 0 Å². The molecule has 0 aliphatic carbocycles. The van der Waals surface area contributed by atoms with Crippen molar-refractivity contribution in [2.24, 2.45) is 5.92 Å². The Balaban J connectivity index is 1.57. The van der Waals surface area contributed by atoms with Crippen LogP contribution in [0.3, 0.4) is 0 Å². The molecule has 1 amide bonds. The maximum Gasteiger partial charge on any atom is 0.243 e. The second-order valence-electron chi connectivity index (χ2n) is 6.82. The number of carbonyl (C=O) groups excluding carboxylic acids is 1. The third-order valence-corrected chi connectivity index (χ3v) is 7.41. The van der Waals surface area contributed by atoms with E-state index in [1.165, 1.54) is 29.6 Å². The summed E-state index contributed by atoms with van der Waals surface area (Å²) in [6, 6.07) is 11.7. The fourth-order valence-electron chi connectivity index (χ4n) is 3.25. The lowest BCUT2D eigenvalue weighted by molar-refractivity contribution is -0.126. The van der Waals surface area contributed by atoms with Crippen molar-refractivity contribution < 1.29 is 17.9 Å².